The molecule has 2 aliphatic heterocycles. The lowest BCUT2D eigenvalue weighted by Gasteiger charge is -2.37. The molecular formula is C20H36IN5S. The third kappa shape index (κ3) is 7.42. The van der Waals surface area contributed by atoms with Crippen molar-refractivity contribution in [2.75, 3.05) is 64.3 Å². The Morgan fingerprint density at radius 1 is 1.04 bits per heavy atom. The SMILES string of the molecule is CN=C(NCCCCCN1CCCCC1)N1CCN(c2cccs2)CC1.I. The zero-order valence-corrected chi connectivity index (χ0v) is 19.9. The molecule has 0 spiro atoms. The molecule has 2 saturated heterocycles. The highest BCUT2D eigenvalue weighted by atomic mass is 127. The minimum atomic E-state index is 0. The van der Waals surface area contributed by atoms with Gasteiger partial charge in [0.25, 0.3) is 0 Å². The number of piperazine rings is 1. The molecule has 1 aromatic heterocycles. The van der Waals surface area contributed by atoms with Gasteiger partial charge in [-0.2, -0.15) is 0 Å². The number of unbranched alkanes of at least 4 members (excludes halogenated alkanes) is 2. The largest absolute Gasteiger partial charge is 0.360 e. The number of halogens is 1. The normalized spacial score (nSPS) is 19.1. The second-order valence-electron chi connectivity index (χ2n) is 7.36. The summed E-state index contributed by atoms with van der Waals surface area (Å²) in [5, 5.41) is 7.12. The van der Waals surface area contributed by atoms with Crippen LogP contribution < -0.4 is 10.2 Å². The van der Waals surface area contributed by atoms with Gasteiger partial charge in [-0.3, -0.25) is 4.99 Å². The van der Waals surface area contributed by atoms with Crippen LogP contribution in [0.2, 0.25) is 0 Å². The summed E-state index contributed by atoms with van der Waals surface area (Å²) in [5.74, 6) is 1.08. The van der Waals surface area contributed by atoms with E-state index in [1.165, 1.54) is 63.2 Å². The van der Waals surface area contributed by atoms with E-state index in [0.29, 0.717) is 0 Å². The van der Waals surface area contributed by atoms with Gasteiger partial charge in [0.2, 0.25) is 0 Å². The minimum Gasteiger partial charge on any atom is -0.360 e. The minimum absolute atomic E-state index is 0. The van der Waals surface area contributed by atoms with Crippen LogP contribution >= 0.6 is 35.3 Å². The highest BCUT2D eigenvalue weighted by Crippen LogP contribution is 2.22. The number of nitrogens with zero attached hydrogens (tertiary/aromatic N) is 4. The van der Waals surface area contributed by atoms with E-state index in [9.17, 15) is 0 Å². The van der Waals surface area contributed by atoms with Crippen LogP contribution in [-0.4, -0.2) is 75.2 Å². The molecule has 2 aliphatic rings. The summed E-state index contributed by atoms with van der Waals surface area (Å²) < 4.78 is 0. The first-order valence-electron chi connectivity index (χ1n) is 10.3. The van der Waals surface area contributed by atoms with Gasteiger partial charge in [0.05, 0.1) is 5.00 Å². The molecule has 1 N–H and O–H groups in total. The molecule has 2 fully saturated rings. The Morgan fingerprint density at radius 3 is 2.48 bits per heavy atom. The average molecular weight is 506 g/mol. The van der Waals surface area contributed by atoms with E-state index < -0.39 is 0 Å². The molecule has 0 aliphatic carbocycles. The van der Waals surface area contributed by atoms with Crippen LogP contribution in [0.25, 0.3) is 0 Å². The molecule has 0 unspecified atom stereocenters. The lowest BCUT2D eigenvalue weighted by molar-refractivity contribution is 0.224. The van der Waals surface area contributed by atoms with E-state index in [4.69, 9.17) is 0 Å². The monoisotopic (exact) mass is 505 g/mol. The van der Waals surface area contributed by atoms with Crippen molar-refractivity contribution in [1.82, 2.24) is 15.1 Å². The van der Waals surface area contributed by atoms with Crippen LogP contribution in [-0.2, 0) is 0 Å². The molecule has 0 saturated carbocycles. The van der Waals surface area contributed by atoms with Crippen molar-refractivity contribution in [2.24, 2.45) is 4.99 Å². The maximum atomic E-state index is 4.50. The highest BCUT2D eigenvalue weighted by Gasteiger charge is 2.20. The second-order valence-corrected chi connectivity index (χ2v) is 8.29. The number of guanidine groups is 1. The van der Waals surface area contributed by atoms with Crippen molar-refractivity contribution in [2.45, 2.75) is 38.5 Å². The van der Waals surface area contributed by atoms with E-state index in [2.05, 4.69) is 42.5 Å². The number of aliphatic imine (C=N–C) groups is 1. The number of hydrogen-bond acceptors (Lipinski definition) is 4. The lowest BCUT2D eigenvalue weighted by atomic mass is 10.1. The summed E-state index contributed by atoms with van der Waals surface area (Å²) in [7, 11) is 1.91. The molecule has 0 atom stereocenters. The Labute approximate surface area is 186 Å². The van der Waals surface area contributed by atoms with Gasteiger partial charge < -0.3 is 20.0 Å². The van der Waals surface area contributed by atoms with Crippen LogP contribution in [0.4, 0.5) is 5.00 Å². The fourth-order valence-electron chi connectivity index (χ4n) is 3.94. The summed E-state index contributed by atoms with van der Waals surface area (Å²) >= 11 is 1.83. The quantitative estimate of drug-likeness (QED) is 0.265. The van der Waals surface area contributed by atoms with Crippen molar-refractivity contribution in [3.63, 3.8) is 0 Å². The maximum absolute atomic E-state index is 4.50. The van der Waals surface area contributed by atoms with Crippen LogP contribution in [0.15, 0.2) is 22.5 Å². The van der Waals surface area contributed by atoms with Crippen molar-refractivity contribution in [3.05, 3.63) is 17.5 Å². The molecule has 1 aromatic rings. The fraction of sp³-hybridized carbons (Fsp3) is 0.750. The van der Waals surface area contributed by atoms with E-state index in [1.807, 2.05) is 18.4 Å². The number of piperidine rings is 1. The van der Waals surface area contributed by atoms with Crippen LogP contribution in [0.1, 0.15) is 38.5 Å². The number of thiophene rings is 1. The van der Waals surface area contributed by atoms with Crippen LogP contribution in [0, 0.1) is 0 Å². The second kappa shape index (κ2) is 12.8. The van der Waals surface area contributed by atoms with Crippen LogP contribution in [0.5, 0.6) is 0 Å². The highest BCUT2D eigenvalue weighted by molar-refractivity contribution is 14.0. The number of likely N-dealkylation sites (tertiary alicyclic amines) is 1. The summed E-state index contributed by atoms with van der Waals surface area (Å²) in [6.07, 6.45) is 8.12. The summed E-state index contributed by atoms with van der Waals surface area (Å²) in [6.45, 7) is 9.23. The molecule has 5 nitrogen and oxygen atoms in total. The van der Waals surface area contributed by atoms with Crippen molar-refractivity contribution >= 4 is 46.3 Å². The maximum Gasteiger partial charge on any atom is 0.193 e. The molecule has 7 heteroatoms. The van der Waals surface area contributed by atoms with Crippen molar-refractivity contribution in [3.8, 4) is 0 Å². The zero-order valence-electron chi connectivity index (χ0n) is 16.7. The molecule has 0 amide bonds. The first kappa shape index (κ1) is 22.7. The average Bonchev–Trinajstić information content (AvgIpc) is 3.23. The van der Waals surface area contributed by atoms with Gasteiger partial charge in [-0.25, -0.2) is 0 Å². The van der Waals surface area contributed by atoms with Gasteiger partial charge in [-0.15, -0.1) is 35.3 Å². The molecule has 27 heavy (non-hydrogen) atoms. The number of anilines is 1. The molecule has 154 valence electrons. The molecule has 3 heterocycles. The first-order valence-corrected chi connectivity index (χ1v) is 11.2. The smallest absolute Gasteiger partial charge is 0.193 e. The van der Waals surface area contributed by atoms with Crippen LogP contribution in [0.3, 0.4) is 0 Å². The molecule has 0 radical (unpaired) electrons. The lowest BCUT2D eigenvalue weighted by Crippen LogP contribution is -2.52. The summed E-state index contributed by atoms with van der Waals surface area (Å²) in [6, 6.07) is 4.36. The van der Waals surface area contributed by atoms with Crippen molar-refractivity contribution in [1.29, 1.82) is 0 Å². The predicted octanol–water partition coefficient (Wildman–Crippen LogP) is 3.72. The Hall–Kier alpha value is -0.540. The Kier molecular flexibility index (Phi) is 10.8. The van der Waals surface area contributed by atoms with E-state index in [-0.39, 0.29) is 24.0 Å². The fourth-order valence-corrected chi connectivity index (χ4v) is 4.73. The van der Waals surface area contributed by atoms with Gasteiger partial charge >= 0.3 is 0 Å². The van der Waals surface area contributed by atoms with Gasteiger partial charge in [0.15, 0.2) is 5.96 Å². The topological polar surface area (TPSA) is 34.1 Å². The van der Waals surface area contributed by atoms with E-state index in [0.717, 1.165) is 38.7 Å². The molecule has 3 rings (SSSR count). The third-order valence-electron chi connectivity index (χ3n) is 5.49. The number of hydrogen-bond donors (Lipinski definition) is 1. The predicted molar refractivity (Wildman–Crippen MR) is 129 cm³/mol. The van der Waals surface area contributed by atoms with Crippen molar-refractivity contribution < 1.29 is 0 Å². The summed E-state index contributed by atoms with van der Waals surface area (Å²) in [5.41, 5.74) is 0. The van der Waals surface area contributed by atoms with Gasteiger partial charge in [0.1, 0.15) is 0 Å². The first-order chi connectivity index (χ1) is 12.9. The zero-order chi connectivity index (χ0) is 18.0. The Morgan fingerprint density at radius 2 is 1.81 bits per heavy atom. The Bertz CT molecular complexity index is 522. The standard InChI is InChI=1S/C20H35N5S.HI/c1-21-20(22-10-4-2-5-11-23-12-6-3-7-13-23)25-16-14-24(15-17-25)19-9-8-18-26-19;/h8-9,18H,2-7,10-17H2,1H3,(H,21,22);1H. The molecular weight excluding hydrogens is 469 g/mol. The van der Waals surface area contributed by atoms with Gasteiger partial charge in [0, 0.05) is 39.8 Å². The van der Waals surface area contributed by atoms with Gasteiger partial charge in [-0.1, -0.05) is 12.8 Å². The van der Waals surface area contributed by atoms with Gasteiger partial charge in [-0.05, 0) is 62.8 Å². The van der Waals surface area contributed by atoms with E-state index >= 15 is 0 Å². The Balaban J connectivity index is 0.00000261. The summed E-state index contributed by atoms with van der Waals surface area (Å²) in [4.78, 5) is 12.0. The number of rotatable bonds is 7. The third-order valence-corrected chi connectivity index (χ3v) is 6.42. The molecule has 0 bridgehead atoms. The molecule has 0 aromatic carbocycles. The number of nitrogens with one attached hydrogen (secondary N) is 1. The van der Waals surface area contributed by atoms with E-state index in [1.54, 1.807) is 0 Å².